The Morgan fingerprint density at radius 2 is 1.90 bits per heavy atom. The molecule has 0 radical (unpaired) electrons. The molecule has 20 heavy (non-hydrogen) atoms. The molecule has 1 aromatic carbocycles. The third-order valence-electron chi connectivity index (χ3n) is 4.36. The van der Waals surface area contributed by atoms with Crippen molar-refractivity contribution in [3.05, 3.63) is 42.1 Å². The molecule has 2 rings (SSSR count). The maximum atomic E-state index is 10.6. The second-order valence-electron chi connectivity index (χ2n) is 5.18. The van der Waals surface area contributed by atoms with Gasteiger partial charge in [-0.2, -0.15) is 0 Å². The van der Waals surface area contributed by atoms with E-state index >= 15 is 0 Å². The van der Waals surface area contributed by atoms with Crippen LogP contribution in [0.5, 0.6) is 0 Å². The van der Waals surface area contributed by atoms with Gasteiger partial charge in [0.15, 0.2) is 0 Å². The minimum atomic E-state index is -0.520. The molecule has 0 aliphatic heterocycles. The second kappa shape index (κ2) is 6.33. The van der Waals surface area contributed by atoms with E-state index in [2.05, 4.69) is 24.9 Å². The van der Waals surface area contributed by atoms with Crippen molar-refractivity contribution in [2.45, 2.75) is 44.8 Å². The average Bonchev–Trinajstić information content (AvgIpc) is 2.50. The van der Waals surface area contributed by atoms with Gasteiger partial charge in [0.2, 0.25) is 0 Å². The topological polar surface area (TPSA) is 42.4 Å². The molecule has 0 fully saturated rings. The van der Waals surface area contributed by atoms with Gasteiger partial charge >= 0.3 is 0 Å². The number of benzene rings is 1. The van der Waals surface area contributed by atoms with Crippen molar-refractivity contribution in [1.82, 2.24) is 4.98 Å². The Balaban J connectivity index is 2.32. The molecule has 1 aromatic heterocycles. The summed E-state index contributed by atoms with van der Waals surface area (Å²) < 4.78 is 5.62. The van der Waals surface area contributed by atoms with Gasteiger partial charge in [0.1, 0.15) is 0 Å². The van der Waals surface area contributed by atoms with Crippen LogP contribution in [0.4, 0.5) is 0 Å². The summed E-state index contributed by atoms with van der Waals surface area (Å²) in [6.07, 6.45) is 3.46. The van der Waals surface area contributed by atoms with E-state index in [1.807, 2.05) is 24.3 Å². The number of aromatic nitrogens is 1. The molecule has 2 aromatic rings. The largest absolute Gasteiger partial charge is 0.390 e. The summed E-state index contributed by atoms with van der Waals surface area (Å²) in [5, 5.41) is 11.7. The highest BCUT2D eigenvalue weighted by Gasteiger charge is 2.34. The highest BCUT2D eigenvalue weighted by atomic mass is 16.5. The van der Waals surface area contributed by atoms with Gasteiger partial charge in [0, 0.05) is 25.1 Å². The lowest BCUT2D eigenvalue weighted by Crippen LogP contribution is -2.44. The van der Waals surface area contributed by atoms with E-state index in [0.717, 1.165) is 29.3 Å². The number of ether oxygens (including phenoxy) is 1. The highest BCUT2D eigenvalue weighted by molar-refractivity contribution is 5.81. The van der Waals surface area contributed by atoms with Gasteiger partial charge in [-0.05, 0) is 30.5 Å². The van der Waals surface area contributed by atoms with E-state index in [1.54, 1.807) is 13.3 Å². The van der Waals surface area contributed by atoms with Crippen LogP contribution in [0.2, 0.25) is 0 Å². The first-order chi connectivity index (χ1) is 9.66. The van der Waals surface area contributed by atoms with Crippen molar-refractivity contribution in [2.75, 3.05) is 7.11 Å². The number of para-hydroxylation sites is 1. The maximum Gasteiger partial charge on any atom is 0.0934 e. The van der Waals surface area contributed by atoms with Crippen LogP contribution in [0, 0.1) is 0 Å². The van der Waals surface area contributed by atoms with Crippen molar-refractivity contribution in [1.29, 1.82) is 0 Å². The number of hydrogen-bond acceptors (Lipinski definition) is 3. The Kier molecular flexibility index (Phi) is 4.73. The van der Waals surface area contributed by atoms with E-state index in [4.69, 9.17) is 4.74 Å². The summed E-state index contributed by atoms with van der Waals surface area (Å²) in [4.78, 5) is 4.36. The molecule has 1 N–H and O–H groups in total. The van der Waals surface area contributed by atoms with Crippen LogP contribution in [0.15, 0.2) is 36.5 Å². The first-order valence-corrected chi connectivity index (χ1v) is 7.22. The molecule has 0 aliphatic carbocycles. The molecule has 3 heteroatoms. The zero-order chi connectivity index (χ0) is 14.6. The third kappa shape index (κ3) is 2.69. The Labute approximate surface area is 120 Å². The molecule has 0 amide bonds. The van der Waals surface area contributed by atoms with Crippen molar-refractivity contribution in [2.24, 2.45) is 0 Å². The molecule has 1 heterocycles. The lowest BCUT2D eigenvalue weighted by atomic mass is 9.86. The SMILES string of the molecule is CCC(CC)(OC)C(O)Cc1ccnc2ccccc12. The first-order valence-electron chi connectivity index (χ1n) is 7.22. The maximum absolute atomic E-state index is 10.6. The zero-order valence-electron chi connectivity index (χ0n) is 12.5. The molecule has 3 nitrogen and oxygen atoms in total. The first kappa shape index (κ1) is 14.9. The lowest BCUT2D eigenvalue weighted by molar-refractivity contribution is -0.106. The average molecular weight is 273 g/mol. The van der Waals surface area contributed by atoms with Gasteiger partial charge in [0.05, 0.1) is 17.2 Å². The van der Waals surface area contributed by atoms with Crippen LogP contribution in [-0.4, -0.2) is 28.9 Å². The standard InChI is InChI=1S/C17H23NO2/c1-4-17(5-2,20-3)16(19)12-13-10-11-18-15-9-7-6-8-14(13)15/h6-11,16,19H,4-5,12H2,1-3H3. The van der Waals surface area contributed by atoms with E-state index in [1.165, 1.54) is 0 Å². The van der Waals surface area contributed by atoms with Crippen LogP contribution in [-0.2, 0) is 11.2 Å². The Morgan fingerprint density at radius 1 is 1.20 bits per heavy atom. The predicted molar refractivity (Wildman–Crippen MR) is 81.8 cm³/mol. The number of aliphatic hydroxyl groups excluding tert-OH is 1. The monoisotopic (exact) mass is 273 g/mol. The van der Waals surface area contributed by atoms with Crippen molar-refractivity contribution in [3.63, 3.8) is 0 Å². The molecule has 0 aliphatic rings. The number of aliphatic hydroxyl groups is 1. The second-order valence-corrected chi connectivity index (χ2v) is 5.18. The Bertz CT molecular complexity index is 550. The van der Waals surface area contributed by atoms with Gasteiger partial charge in [-0.1, -0.05) is 32.0 Å². The summed E-state index contributed by atoms with van der Waals surface area (Å²) in [7, 11) is 1.68. The van der Waals surface area contributed by atoms with E-state index in [-0.39, 0.29) is 0 Å². The fourth-order valence-corrected chi connectivity index (χ4v) is 2.87. The summed E-state index contributed by atoms with van der Waals surface area (Å²) in [6.45, 7) is 4.11. The molecule has 0 bridgehead atoms. The summed E-state index contributed by atoms with van der Waals surface area (Å²) in [5.41, 5.74) is 1.62. The van der Waals surface area contributed by atoms with Gasteiger partial charge in [-0.3, -0.25) is 4.98 Å². The summed E-state index contributed by atoms with van der Waals surface area (Å²) in [6, 6.07) is 10.0. The number of fused-ring (bicyclic) bond motifs is 1. The summed E-state index contributed by atoms with van der Waals surface area (Å²) in [5.74, 6) is 0. The molecule has 1 unspecified atom stereocenters. The van der Waals surface area contributed by atoms with Crippen LogP contribution in [0.3, 0.4) is 0 Å². The highest BCUT2D eigenvalue weighted by Crippen LogP contribution is 2.28. The van der Waals surface area contributed by atoms with Crippen LogP contribution in [0.1, 0.15) is 32.3 Å². The quantitative estimate of drug-likeness (QED) is 0.877. The third-order valence-corrected chi connectivity index (χ3v) is 4.36. The zero-order valence-corrected chi connectivity index (χ0v) is 12.5. The fourth-order valence-electron chi connectivity index (χ4n) is 2.87. The van der Waals surface area contributed by atoms with E-state index in [0.29, 0.717) is 6.42 Å². The predicted octanol–water partition coefficient (Wildman–Crippen LogP) is 3.34. The number of nitrogens with zero attached hydrogens (tertiary/aromatic N) is 1. The van der Waals surface area contributed by atoms with Crippen LogP contribution >= 0.6 is 0 Å². The number of hydrogen-bond donors (Lipinski definition) is 1. The summed E-state index contributed by atoms with van der Waals surface area (Å²) >= 11 is 0. The number of pyridine rings is 1. The smallest absolute Gasteiger partial charge is 0.0934 e. The van der Waals surface area contributed by atoms with Gasteiger partial charge < -0.3 is 9.84 Å². The minimum absolute atomic E-state index is 0.468. The molecule has 1 atom stereocenters. The lowest BCUT2D eigenvalue weighted by Gasteiger charge is -2.35. The Morgan fingerprint density at radius 3 is 2.55 bits per heavy atom. The van der Waals surface area contributed by atoms with Gasteiger partial charge in [-0.25, -0.2) is 0 Å². The molecule has 0 spiro atoms. The van der Waals surface area contributed by atoms with Crippen molar-refractivity contribution >= 4 is 10.9 Å². The fraction of sp³-hybridized carbons (Fsp3) is 0.471. The molecule has 108 valence electrons. The van der Waals surface area contributed by atoms with Gasteiger partial charge in [-0.15, -0.1) is 0 Å². The molecule has 0 saturated carbocycles. The Hall–Kier alpha value is -1.45. The van der Waals surface area contributed by atoms with Gasteiger partial charge in [0.25, 0.3) is 0 Å². The molecular formula is C17H23NO2. The van der Waals surface area contributed by atoms with Crippen molar-refractivity contribution in [3.8, 4) is 0 Å². The normalized spacial score (nSPS) is 13.6. The van der Waals surface area contributed by atoms with Crippen LogP contribution in [0.25, 0.3) is 10.9 Å². The molecule has 0 saturated heterocycles. The van der Waals surface area contributed by atoms with Crippen LogP contribution < -0.4 is 0 Å². The van der Waals surface area contributed by atoms with Crippen molar-refractivity contribution < 1.29 is 9.84 Å². The van der Waals surface area contributed by atoms with E-state index < -0.39 is 11.7 Å². The minimum Gasteiger partial charge on any atom is -0.390 e. The number of rotatable bonds is 6. The molecular weight excluding hydrogens is 250 g/mol. The van der Waals surface area contributed by atoms with E-state index in [9.17, 15) is 5.11 Å². The number of methoxy groups -OCH3 is 1.